The molecular formula is C22H14. The fourth-order valence-electron chi connectivity index (χ4n) is 2.75. The summed E-state index contributed by atoms with van der Waals surface area (Å²) in [5.74, 6) is 0. The zero-order valence-electron chi connectivity index (χ0n) is 12.1. The minimum Gasteiger partial charge on any atom is -0.102 e. The summed E-state index contributed by atoms with van der Waals surface area (Å²) in [6.45, 7) is 0. The summed E-state index contributed by atoms with van der Waals surface area (Å²) in [6, 6.07) is 29.2. The number of rotatable bonds is 2. The summed E-state index contributed by atoms with van der Waals surface area (Å²) >= 11 is 0. The maximum absolute atomic E-state index is 3.56. The lowest BCUT2D eigenvalue weighted by Crippen LogP contribution is -1.99. The van der Waals surface area contributed by atoms with Crippen LogP contribution in [0.4, 0.5) is 0 Å². The van der Waals surface area contributed by atoms with Crippen molar-refractivity contribution in [2.45, 2.75) is 0 Å². The summed E-state index contributed by atoms with van der Waals surface area (Å²) < 4.78 is 0. The summed E-state index contributed by atoms with van der Waals surface area (Å²) in [5, 5.41) is 0. The second-order valence-corrected chi connectivity index (χ2v) is 5.28. The molecular weight excluding hydrogens is 264 g/mol. The van der Waals surface area contributed by atoms with Crippen molar-refractivity contribution < 1.29 is 0 Å². The van der Waals surface area contributed by atoms with Crippen LogP contribution in [0.5, 0.6) is 0 Å². The van der Waals surface area contributed by atoms with Crippen molar-refractivity contribution in [3.63, 3.8) is 0 Å². The highest BCUT2D eigenvalue weighted by atomic mass is 14.2. The van der Waals surface area contributed by atoms with Crippen LogP contribution >= 0.6 is 0 Å². The van der Waals surface area contributed by atoms with Crippen LogP contribution in [0.2, 0.25) is 0 Å². The van der Waals surface area contributed by atoms with E-state index in [-0.39, 0.29) is 0 Å². The summed E-state index contributed by atoms with van der Waals surface area (Å²) in [7, 11) is 0. The lowest BCUT2D eigenvalue weighted by Gasteiger charge is -2.17. The Morgan fingerprint density at radius 2 is 1.18 bits per heavy atom. The van der Waals surface area contributed by atoms with Crippen molar-refractivity contribution in [3.8, 4) is 0 Å². The Kier molecular flexibility index (Phi) is 3.16. The van der Waals surface area contributed by atoms with Crippen LogP contribution in [-0.2, 0) is 0 Å². The monoisotopic (exact) mass is 278 g/mol. The predicted molar refractivity (Wildman–Crippen MR) is 90.8 cm³/mol. The second kappa shape index (κ2) is 5.44. The number of hydrogen-bond acceptors (Lipinski definition) is 0. The Morgan fingerprint density at radius 3 is 1.91 bits per heavy atom. The Balaban J connectivity index is 1.93. The molecule has 0 nitrogen and oxygen atoms in total. The zero-order valence-corrected chi connectivity index (χ0v) is 12.1. The predicted octanol–water partition coefficient (Wildman–Crippen LogP) is 5.17. The maximum Gasteiger partial charge on any atom is 0.0329 e. The van der Waals surface area contributed by atoms with E-state index in [4.69, 9.17) is 0 Å². The average molecular weight is 278 g/mol. The van der Waals surface area contributed by atoms with E-state index in [2.05, 4.69) is 72.8 Å². The molecule has 4 rings (SSSR count). The molecule has 0 aliphatic heterocycles. The highest BCUT2D eigenvalue weighted by molar-refractivity contribution is 5.91. The average Bonchev–Trinajstić information content (AvgIpc) is 2.62. The third kappa shape index (κ3) is 2.26. The third-order valence-corrected chi connectivity index (χ3v) is 3.83. The van der Waals surface area contributed by atoms with Gasteiger partial charge >= 0.3 is 0 Å². The maximum atomic E-state index is 3.56. The Labute approximate surface area is 131 Å². The van der Waals surface area contributed by atoms with Crippen molar-refractivity contribution in [1.82, 2.24) is 0 Å². The van der Waals surface area contributed by atoms with E-state index in [1.807, 2.05) is 24.3 Å². The largest absolute Gasteiger partial charge is 0.102 e. The lowest BCUT2D eigenvalue weighted by atomic mass is 9.86. The Bertz CT molecular complexity index is 853. The molecule has 0 spiro atoms. The second-order valence-electron chi connectivity index (χ2n) is 5.28. The van der Waals surface area contributed by atoms with Crippen LogP contribution < -0.4 is 0 Å². The molecule has 0 saturated heterocycles. The molecule has 0 heterocycles. The normalized spacial score (nSPS) is 12.7. The highest BCUT2D eigenvalue weighted by Gasteiger charge is 2.16. The van der Waals surface area contributed by atoms with Gasteiger partial charge in [0.25, 0.3) is 0 Å². The van der Waals surface area contributed by atoms with Crippen molar-refractivity contribution in [2.75, 3.05) is 0 Å². The quantitative estimate of drug-likeness (QED) is 0.567. The van der Waals surface area contributed by atoms with Gasteiger partial charge < -0.3 is 0 Å². The van der Waals surface area contributed by atoms with E-state index in [1.165, 1.54) is 11.1 Å². The summed E-state index contributed by atoms with van der Waals surface area (Å²) in [6.07, 6.45) is 7.06. The van der Waals surface area contributed by atoms with Crippen molar-refractivity contribution in [2.24, 2.45) is 0 Å². The van der Waals surface area contributed by atoms with E-state index in [1.54, 1.807) is 0 Å². The van der Waals surface area contributed by atoms with Crippen LogP contribution in [0.15, 0.2) is 84.9 Å². The molecule has 3 aromatic rings. The molecule has 0 bridgehead atoms. The molecule has 0 saturated carbocycles. The zero-order chi connectivity index (χ0) is 14.8. The first-order chi connectivity index (χ1) is 10.9. The number of benzene rings is 3. The molecule has 3 aromatic carbocycles. The summed E-state index contributed by atoms with van der Waals surface area (Å²) in [5.41, 5.74) is 6.79. The molecule has 0 N–H and O–H groups in total. The smallest absolute Gasteiger partial charge is 0.0329 e. The number of hydrogen-bond donors (Lipinski definition) is 0. The SMILES string of the molecule is [C+]1=C(c2ccccc2)c2ccccc2[C-]=C1c1ccccc1. The molecule has 0 aromatic heterocycles. The molecule has 22 heavy (non-hydrogen) atoms. The first-order valence-corrected chi connectivity index (χ1v) is 7.40. The molecule has 0 atom stereocenters. The van der Waals surface area contributed by atoms with Gasteiger partial charge in [0.15, 0.2) is 0 Å². The van der Waals surface area contributed by atoms with Gasteiger partial charge in [0.1, 0.15) is 0 Å². The lowest BCUT2D eigenvalue weighted by molar-refractivity contribution is 1.43. The summed E-state index contributed by atoms with van der Waals surface area (Å²) in [4.78, 5) is 0. The van der Waals surface area contributed by atoms with Gasteiger partial charge in [-0.2, -0.15) is 0 Å². The van der Waals surface area contributed by atoms with Gasteiger partial charge in [0, 0.05) is 17.2 Å². The minimum atomic E-state index is 1.01. The van der Waals surface area contributed by atoms with Crippen LogP contribution in [0.3, 0.4) is 0 Å². The molecule has 0 amide bonds. The van der Waals surface area contributed by atoms with Gasteiger partial charge in [-0.15, -0.1) is 6.08 Å². The van der Waals surface area contributed by atoms with E-state index >= 15 is 0 Å². The minimum absolute atomic E-state index is 1.01. The number of allylic oxidation sites excluding steroid dienone is 2. The van der Waals surface area contributed by atoms with E-state index in [9.17, 15) is 0 Å². The van der Waals surface area contributed by atoms with E-state index in [0.717, 1.165) is 22.3 Å². The van der Waals surface area contributed by atoms with E-state index < -0.39 is 0 Å². The van der Waals surface area contributed by atoms with Gasteiger partial charge in [0.05, 0.1) is 0 Å². The molecule has 1 aliphatic rings. The van der Waals surface area contributed by atoms with Crippen molar-refractivity contribution in [3.05, 3.63) is 119 Å². The molecule has 0 heteroatoms. The highest BCUT2D eigenvalue weighted by Crippen LogP contribution is 2.34. The van der Waals surface area contributed by atoms with E-state index in [0.29, 0.717) is 0 Å². The number of fused-ring (bicyclic) bond motifs is 1. The van der Waals surface area contributed by atoms with Gasteiger partial charge in [-0.05, 0) is 22.3 Å². The van der Waals surface area contributed by atoms with Crippen LogP contribution in [0.25, 0.3) is 11.1 Å². The molecule has 102 valence electrons. The topological polar surface area (TPSA) is 0 Å². The van der Waals surface area contributed by atoms with Crippen molar-refractivity contribution >= 4 is 11.1 Å². The van der Waals surface area contributed by atoms with Crippen LogP contribution in [0, 0.1) is 12.2 Å². The first kappa shape index (κ1) is 12.8. The first-order valence-electron chi connectivity index (χ1n) is 7.40. The Hall–Kier alpha value is -2.95. The standard InChI is InChI=1S/C22H14/c1-3-9-17(10-4-1)20-15-19-13-7-8-14-21(19)22(16-20)18-11-5-2-6-12-18/h1-14H. The molecule has 0 fully saturated rings. The van der Waals surface area contributed by atoms with Crippen LogP contribution in [-0.4, -0.2) is 0 Å². The third-order valence-electron chi connectivity index (χ3n) is 3.83. The fourth-order valence-corrected chi connectivity index (χ4v) is 2.75. The van der Waals surface area contributed by atoms with Gasteiger partial charge in [0.2, 0.25) is 0 Å². The van der Waals surface area contributed by atoms with Crippen LogP contribution in [0.1, 0.15) is 22.3 Å². The van der Waals surface area contributed by atoms with Gasteiger partial charge in [-0.25, -0.2) is 0 Å². The molecule has 0 unspecified atom stereocenters. The van der Waals surface area contributed by atoms with Crippen molar-refractivity contribution in [1.29, 1.82) is 0 Å². The van der Waals surface area contributed by atoms with Gasteiger partial charge in [-0.1, -0.05) is 84.9 Å². The molecule has 0 radical (unpaired) electrons. The van der Waals surface area contributed by atoms with Gasteiger partial charge in [-0.3, -0.25) is 0 Å². The fraction of sp³-hybridized carbons (Fsp3) is 0. The Morgan fingerprint density at radius 1 is 0.591 bits per heavy atom. The molecule has 1 aliphatic carbocycles.